The quantitative estimate of drug-likeness (QED) is 0.326. The fourth-order valence-electron chi connectivity index (χ4n) is 2.74. The third kappa shape index (κ3) is 6.88. The van der Waals surface area contributed by atoms with E-state index in [1.807, 2.05) is 0 Å². The average Bonchev–Trinajstić information content (AvgIpc) is 2.88. The van der Waals surface area contributed by atoms with Crippen LogP contribution < -0.4 is 0 Å². The van der Waals surface area contributed by atoms with Gasteiger partial charge in [0.25, 0.3) is 0 Å². The molecule has 0 aromatic heterocycles. The van der Waals surface area contributed by atoms with Crippen molar-refractivity contribution in [3.05, 3.63) is 108 Å². The number of hydrogen-bond donors (Lipinski definition) is 3. The normalized spacial score (nSPS) is 13.4. The minimum atomic E-state index is -4.51. The molecule has 0 saturated carbocycles. The molecule has 0 bridgehead atoms. The Bertz CT molecular complexity index is 952. The van der Waals surface area contributed by atoms with Gasteiger partial charge in [-0.05, 0) is 0 Å². The van der Waals surface area contributed by atoms with Gasteiger partial charge in [-0.15, -0.1) is 0 Å². The Morgan fingerprint density at radius 3 is 0.971 bits per heavy atom. The van der Waals surface area contributed by atoms with Crippen LogP contribution in [0.1, 0.15) is 35.0 Å². The number of aliphatic hydroxyl groups is 3. The Labute approximate surface area is 203 Å². The van der Waals surface area contributed by atoms with Gasteiger partial charge < -0.3 is 0 Å². The second-order valence-corrected chi connectivity index (χ2v) is 9.73. The molecular weight excluding hydrogens is 554 g/mol. The van der Waals surface area contributed by atoms with Crippen LogP contribution in [-0.4, -0.2) is 54.7 Å². The van der Waals surface area contributed by atoms with Gasteiger partial charge in [0, 0.05) is 0 Å². The molecule has 3 aromatic carbocycles. The molecule has 0 aliphatic rings. The van der Waals surface area contributed by atoms with Gasteiger partial charge in [0.05, 0.1) is 0 Å². The number of carbonyl (C=O) groups is 3. The van der Waals surface area contributed by atoms with Gasteiger partial charge in [0.15, 0.2) is 0 Å². The molecule has 9 nitrogen and oxygen atoms in total. The summed E-state index contributed by atoms with van der Waals surface area (Å²) in [6.07, 6.45) is -5.20. The predicted octanol–water partition coefficient (Wildman–Crippen LogP) is 1.80. The molecule has 3 N–H and O–H groups in total. The van der Waals surface area contributed by atoms with Crippen molar-refractivity contribution in [1.29, 1.82) is 0 Å². The van der Waals surface area contributed by atoms with E-state index in [2.05, 4.69) is 0 Å². The van der Waals surface area contributed by atoms with Gasteiger partial charge in [-0.1, -0.05) is 0 Å². The van der Waals surface area contributed by atoms with E-state index >= 15 is 0 Å². The molecule has 0 amide bonds. The number of hydrogen-bond acceptors (Lipinski definition) is 9. The zero-order chi connectivity index (χ0) is 24.5. The Hall–Kier alpha value is -3.23. The van der Waals surface area contributed by atoms with Crippen molar-refractivity contribution in [3.8, 4) is 0 Å². The van der Waals surface area contributed by atoms with Crippen LogP contribution in [0, 0.1) is 0 Å². The van der Waals surface area contributed by atoms with Crippen molar-refractivity contribution in [2.24, 2.45) is 0 Å². The summed E-state index contributed by atoms with van der Waals surface area (Å²) in [6, 6.07) is 23.5. The molecule has 3 aromatic rings. The summed E-state index contributed by atoms with van der Waals surface area (Å²) >= 11 is -4.51. The maximum absolute atomic E-state index is 12.5. The summed E-state index contributed by atoms with van der Waals surface area (Å²) in [6.45, 7) is 0. The summed E-state index contributed by atoms with van der Waals surface area (Å²) in [5.74, 6) is -3.63. The van der Waals surface area contributed by atoms with E-state index in [1.165, 1.54) is 36.4 Å². The number of aliphatic hydroxyl groups excluding tert-OH is 3. The molecule has 0 spiro atoms. The van der Waals surface area contributed by atoms with Crippen molar-refractivity contribution in [2.45, 2.75) is 18.3 Å². The molecule has 3 atom stereocenters. The van der Waals surface area contributed by atoms with Crippen LogP contribution >= 0.6 is 0 Å². The van der Waals surface area contributed by atoms with Crippen molar-refractivity contribution in [3.63, 3.8) is 0 Å². The summed E-state index contributed by atoms with van der Waals surface area (Å²) in [5.41, 5.74) is 0.623. The first-order valence-electron chi connectivity index (χ1n) is 10.0. The molecule has 0 fully saturated rings. The summed E-state index contributed by atoms with van der Waals surface area (Å²) in [5, 5.41) is 30.8. The Morgan fingerprint density at radius 2 is 0.735 bits per heavy atom. The minimum absolute atomic E-state index is 0.208. The third-order valence-corrected chi connectivity index (χ3v) is 7.33. The zero-order valence-corrected chi connectivity index (χ0v) is 20.2. The molecule has 3 rings (SSSR count). The van der Waals surface area contributed by atoms with E-state index in [-0.39, 0.29) is 16.7 Å². The second kappa shape index (κ2) is 12.3. The van der Waals surface area contributed by atoms with Crippen molar-refractivity contribution < 1.29 is 38.7 Å². The monoisotopic (exact) mass is 574 g/mol. The standard InChI is InChI=1S/3C8H8O3.Sb/c3*9-7(8(10)11)6-4-2-1-3-5-6;/h3*1-5,7,9H,(H,10,11);/q;;;+3/p-3. The van der Waals surface area contributed by atoms with Crippen molar-refractivity contribution >= 4 is 39.4 Å². The maximum atomic E-state index is 12.5. The van der Waals surface area contributed by atoms with Gasteiger partial charge in [-0.25, -0.2) is 0 Å². The van der Waals surface area contributed by atoms with Gasteiger partial charge in [0.1, 0.15) is 0 Å². The average molecular weight is 575 g/mol. The van der Waals surface area contributed by atoms with Crippen molar-refractivity contribution in [1.82, 2.24) is 0 Å². The topological polar surface area (TPSA) is 140 Å². The molecule has 10 heteroatoms. The van der Waals surface area contributed by atoms with Gasteiger partial charge in [0.2, 0.25) is 0 Å². The Balaban J connectivity index is 1.75. The summed E-state index contributed by atoms with van der Waals surface area (Å²) in [7, 11) is 0. The van der Waals surface area contributed by atoms with E-state index < -0.39 is 57.7 Å². The fraction of sp³-hybridized carbons (Fsp3) is 0.125. The van der Waals surface area contributed by atoms with Crippen LogP contribution in [0.5, 0.6) is 0 Å². The van der Waals surface area contributed by atoms with E-state index in [9.17, 15) is 29.7 Å². The third-order valence-electron chi connectivity index (χ3n) is 4.51. The molecule has 3 unspecified atom stereocenters. The number of rotatable bonds is 9. The van der Waals surface area contributed by atoms with Crippen LogP contribution in [0.4, 0.5) is 0 Å². The summed E-state index contributed by atoms with van der Waals surface area (Å²) in [4.78, 5) is 37.4. The van der Waals surface area contributed by atoms with Crippen LogP contribution in [0.15, 0.2) is 91.0 Å². The molecule has 176 valence electrons. The number of carbonyl (C=O) groups excluding carboxylic acids is 3. The molecule has 0 heterocycles. The van der Waals surface area contributed by atoms with Gasteiger partial charge in [-0.3, -0.25) is 0 Å². The van der Waals surface area contributed by atoms with E-state index in [4.69, 9.17) is 9.05 Å². The molecule has 34 heavy (non-hydrogen) atoms. The Kier molecular flexibility index (Phi) is 9.18. The predicted molar refractivity (Wildman–Crippen MR) is 118 cm³/mol. The van der Waals surface area contributed by atoms with Crippen LogP contribution in [0.3, 0.4) is 0 Å². The Morgan fingerprint density at radius 1 is 0.500 bits per heavy atom. The van der Waals surface area contributed by atoms with Crippen LogP contribution in [0.25, 0.3) is 0 Å². The van der Waals surface area contributed by atoms with Crippen LogP contribution in [-0.2, 0) is 23.4 Å². The van der Waals surface area contributed by atoms with Gasteiger partial charge in [-0.2, -0.15) is 0 Å². The first-order chi connectivity index (χ1) is 16.4. The fourth-order valence-corrected chi connectivity index (χ4v) is 5.17. The molecule has 0 saturated heterocycles. The van der Waals surface area contributed by atoms with E-state index in [0.717, 1.165) is 0 Å². The number of benzene rings is 3. The van der Waals surface area contributed by atoms with E-state index in [1.54, 1.807) is 54.6 Å². The van der Waals surface area contributed by atoms with Crippen molar-refractivity contribution in [2.75, 3.05) is 0 Å². The first-order valence-corrected chi connectivity index (χ1v) is 13.1. The first kappa shape index (κ1) is 25.4. The van der Waals surface area contributed by atoms with Gasteiger partial charge >= 0.3 is 204 Å². The van der Waals surface area contributed by atoms with E-state index in [0.29, 0.717) is 0 Å². The molecule has 0 radical (unpaired) electrons. The summed E-state index contributed by atoms with van der Waals surface area (Å²) < 4.78 is 15.2. The molecule has 0 aliphatic heterocycles. The zero-order valence-electron chi connectivity index (χ0n) is 17.6. The molecular formula is C24H21O9Sb. The SMILES string of the molecule is O=C([O][Sb]([O]C(=O)C(O)c1ccccc1)[O]C(=O)C(O)c1ccccc1)C(O)c1ccccc1. The second-order valence-electron chi connectivity index (χ2n) is 6.89. The molecule has 0 aliphatic carbocycles. The van der Waals surface area contributed by atoms with Crippen LogP contribution in [0.2, 0.25) is 0 Å².